The fraction of sp³-hybridized carbons (Fsp3) is 0.375. The number of aliphatic hydroxyl groups is 1. The maximum absolute atomic E-state index is 12.7. The van der Waals surface area contributed by atoms with Crippen molar-refractivity contribution in [3.05, 3.63) is 58.2 Å². The van der Waals surface area contributed by atoms with Crippen LogP contribution in [0.1, 0.15) is 24.2 Å². The van der Waals surface area contributed by atoms with E-state index in [9.17, 15) is 27.9 Å². The first kappa shape index (κ1) is 28.7. The molecule has 1 aliphatic rings. The van der Waals surface area contributed by atoms with Gasteiger partial charge in [0, 0.05) is 31.9 Å². The summed E-state index contributed by atoms with van der Waals surface area (Å²) in [5, 5.41) is 12.0. The molecule has 2 N–H and O–H groups in total. The normalized spacial score (nSPS) is 16.4. The number of carbonyl (C=O) groups excluding carboxylic acids is 2. The monoisotopic (exact) mass is 604 g/mol. The molecule has 0 saturated carbocycles. The van der Waals surface area contributed by atoms with Crippen LogP contribution in [-0.2, 0) is 4.79 Å². The molecule has 200 valence electrons. The van der Waals surface area contributed by atoms with Crippen LogP contribution in [0.3, 0.4) is 0 Å². The molecule has 13 heteroatoms. The maximum atomic E-state index is 12.7. The third kappa shape index (κ3) is 6.93. The number of ether oxygens (including phenoxy) is 1. The SMILES string of the molecule is C=C[C@@H]1CN(C(=O)C(C)(C)CO)CCN1c1ccc(C(=O)Nc2cc(OC(F)(F)F)c(Br)cc2Cl)cn1. The summed E-state index contributed by atoms with van der Waals surface area (Å²) in [5.74, 6) is -0.798. The van der Waals surface area contributed by atoms with Crippen molar-refractivity contribution < 1.29 is 32.6 Å². The van der Waals surface area contributed by atoms with Crippen LogP contribution in [0.15, 0.2) is 47.6 Å². The molecule has 1 saturated heterocycles. The molecule has 1 aliphatic heterocycles. The number of hydrogen-bond acceptors (Lipinski definition) is 6. The Hall–Kier alpha value is -2.83. The van der Waals surface area contributed by atoms with Crippen LogP contribution >= 0.6 is 27.5 Å². The summed E-state index contributed by atoms with van der Waals surface area (Å²) in [6, 6.07) is 5.05. The number of nitrogens with zero attached hydrogens (tertiary/aromatic N) is 3. The van der Waals surface area contributed by atoms with Crippen LogP contribution in [0.2, 0.25) is 5.02 Å². The number of carbonyl (C=O) groups is 2. The summed E-state index contributed by atoms with van der Waals surface area (Å²) >= 11 is 9.03. The van der Waals surface area contributed by atoms with Gasteiger partial charge in [0.2, 0.25) is 5.91 Å². The Kier molecular flexibility index (Phi) is 8.76. The smallest absolute Gasteiger partial charge is 0.405 e. The van der Waals surface area contributed by atoms with E-state index in [1.807, 2.05) is 4.90 Å². The van der Waals surface area contributed by atoms with Gasteiger partial charge in [0.05, 0.1) is 38.8 Å². The molecule has 1 atom stereocenters. The summed E-state index contributed by atoms with van der Waals surface area (Å²) in [4.78, 5) is 33.4. The molecular formula is C24H25BrClF3N4O4. The largest absolute Gasteiger partial charge is 0.573 e. The predicted molar refractivity (Wildman–Crippen MR) is 137 cm³/mol. The average molecular weight is 606 g/mol. The summed E-state index contributed by atoms with van der Waals surface area (Å²) in [5.41, 5.74) is -0.815. The molecule has 0 bridgehead atoms. The van der Waals surface area contributed by atoms with Gasteiger partial charge in [0.1, 0.15) is 11.6 Å². The first-order valence-electron chi connectivity index (χ1n) is 11.1. The van der Waals surface area contributed by atoms with E-state index in [2.05, 4.69) is 37.5 Å². The zero-order valence-corrected chi connectivity index (χ0v) is 22.3. The number of alkyl halides is 3. The predicted octanol–water partition coefficient (Wildman–Crippen LogP) is 4.87. The number of aliphatic hydroxyl groups excluding tert-OH is 1. The lowest BCUT2D eigenvalue weighted by molar-refractivity contribution is -0.274. The molecular weight excluding hydrogens is 581 g/mol. The highest BCUT2D eigenvalue weighted by Gasteiger charge is 2.36. The number of amides is 2. The van der Waals surface area contributed by atoms with Gasteiger partial charge in [-0.2, -0.15) is 0 Å². The molecule has 2 amide bonds. The second-order valence-electron chi connectivity index (χ2n) is 8.96. The van der Waals surface area contributed by atoms with Crippen LogP contribution in [0.4, 0.5) is 24.7 Å². The molecule has 3 rings (SSSR count). The minimum absolute atomic E-state index is 0.00458. The van der Waals surface area contributed by atoms with E-state index in [0.29, 0.717) is 25.5 Å². The van der Waals surface area contributed by atoms with Crippen molar-refractivity contribution in [1.82, 2.24) is 9.88 Å². The Balaban J connectivity index is 1.72. The van der Waals surface area contributed by atoms with Crippen molar-refractivity contribution >= 4 is 50.9 Å². The Labute approximate surface area is 225 Å². The molecule has 0 spiro atoms. The topological polar surface area (TPSA) is 95.0 Å². The quantitative estimate of drug-likeness (QED) is 0.438. The molecule has 8 nitrogen and oxygen atoms in total. The summed E-state index contributed by atoms with van der Waals surface area (Å²) in [6.07, 6.45) is -1.89. The highest BCUT2D eigenvalue weighted by molar-refractivity contribution is 9.10. The van der Waals surface area contributed by atoms with E-state index >= 15 is 0 Å². The van der Waals surface area contributed by atoms with E-state index in [1.165, 1.54) is 18.3 Å². The number of anilines is 2. The van der Waals surface area contributed by atoms with Gasteiger partial charge in [-0.25, -0.2) is 4.98 Å². The van der Waals surface area contributed by atoms with E-state index in [4.69, 9.17) is 11.6 Å². The van der Waals surface area contributed by atoms with Gasteiger partial charge >= 0.3 is 6.36 Å². The lowest BCUT2D eigenvalue weighted by atomic mass is 9.92. The average Bonchev–Trinajstić information content (AvgIpc) is 2.85. The number of nitrogens with one attached hydrogen (secondary N) is 1. The number of aromatic nitrogens is 1. The first-order valence-corrected chi connectivity index (χ1v) is 12.2. The van der Waals surface area contributed by atoms with E-state index in [0.717, 1.165) is 6.07 Å². The Bertz CT molecular complexity index is 1180. The van der Waals surface area contributed by atoms with Crippen molar-refractivity contribution in [2.75, 3.05) is 36.5 Å². The third-order valence-electron chi connectivity index (χ3n) is 5.75. The molecule has 37 heavy (non-hydrogen) atoms. The van der Waals surface area contributed by atoms with E-state index in [1.54, 1.807) is 30.9 Å². The number of hydrogen-bond donors (Lipinski definition) is 2. The van der Waals surface area contributed by atoms with Gasteiger partial charge in [0.25, 0.3) is 5.91 Å². The third-order valence-corrected chi connectivity index (χ3v) is 6.68. The van der Waals surface area contributed by atoms with Crippen molar-refractivity contribution in [1.29, 1.82) is 0 Å². The van der Waals surface area contributed by atoms with Crippen LogP contribution in [-0.4, -0.2) is 65.5 Å². The van der Waals surface area contributed by atoms with Crippen molar-refractivity contribution in [2.45, 2.75) is 26.3 Å². The van der Waals surface area contributed by atoms with E-state index in [-0.39, 0.29) is 39.3 Å². The number of rotatable bonds is 7. The lowest BCUT2D eigenvalue weighted by Gasteiger charge is -2.43. The van der Waals surface area contributed by atoms with Gasteiger partial charge in [-0.15, -0.1) is 19.8 Å². The second kappa shape index (κ2) is 11.3. The van der Waals surface area contributed by atoms with Crippen LogP contribution in [0, 0.1) is 5.41 Å². The second-order valence-corrected chi connectivity index (χ2v) is 10.2. The van der Waals surface area contributed by atoms with Crippen LogP contribution in [0.25, 0.3) is 0 Å². The zero-order chi connectivity index (χ0) is 27.5. The Morgan fingerprint density at radius 3 is 2.59 bits per heavy atom. The maximum Gasteiger partial charge on any atom is 0.573 e. The zero-order valence-electron chi connectivity index (χ0n) is 20.0. The first-order chi connectivity index (χ1) is 17.3. The lowest BCUT2D eigenvalue weighted by Crippen LogP contribution is -2.57. The van der Waals surface area contributed by atoms with Crippen LogP contribution < -0.4 is 15.0 Å². The number of halogens is 5. The van der Waals surface area contributed by atoms with E-state index < -0.39 is 23.4 Å². The summed E-state index contributed by atoms with van der Waals surface area (Å²) in [7, 11) is 0. The highest BCUT2D eigenvalue weighted by Crippen LogP contribution is 2.37. The van der Waals surface area contributed by atoms with Crippen molar-refractivity contribution in [3.8, 4) is 5.75 Å². The molecule has 0 unspecified atom stereocenters. The summed E-state index contributed by atoms with van der Waals surface area (Å²) < 4.78 is 41.8. The minimum atomic E-state index is -4.92. The molecule has 1 aromatic heterocycles. The van der Waals surface area contributed by atoms with Gasteiger partial charge in [-0.1, -0.05) is 17.7 Å². The molecule has 0 aliphatic carbocycles. The molecule has 2 heterocycles. The fourth-order valence-corrected chi connectivity index (χ4v) is 4.46. The molecule has 2 aromatic rings. The van der Waals surface area contributed by atoms with Gasteiger partial charge in [-0.05, 0) is 48.0 Å². The summed E-state index contributed by atoms with van der Waals surface area (Å²) in [6.45, 7) is 8.19. The molecule has 1 fully saturated rings. The number of benzene rings is 1. The van der Waals surface area contributed by atoms with Gasteiger partial charge in [-0.3, -0.25) is 9.59 Å². The minimum Gasteiger partial charge on any atom is -0.405 e. The fourth-order valence-electron chi connectivity index (χ4n) is 3.69. The van der Waals surface area contributed by atoms with Crippen molar-refractivity contribution in [2.24, 2.45) is 5.41 Å². The van der Waals surface area contributed by atoms with Gasteiger partial charge in [0.15, 0.2) is 0 Å². The standard InChI is InChI=1S/C24H25BrClF3N4O4/c1-4-15-12-32(22(36)23(2,3)13-34)7-8-33(15)20-6-5-14(11-30-20)21(35)31-18-10-19(37-24(27,28)29)16(25)9-17(18)26/h4-6,9-11,15,34H,1,7-8,12-13H2,2-3H3,(H,31,35)/t15-/m1/s1. The van der Waals surface area contributed by atoms with Crippen LogP contribution in [0.5, 0.6) is 5.75 Å². The molecule has 1 aromatic carbocycles. The van der Waals surface area contributed by atoms with Gasteiger partial charge < -0.3 is 25.0 Å². The highest BCUT2D eigenvalue weighted by atomic mass is 79.9. The Morgan fingerprint density at radius 2 is 2.03 bits per heavy atom. The van der Waals surface area contributed by atoms with Crippen molar-refractivity contribution in [3.63, 3.8) is 0 Å². The number of piperazine rings is 1. The number of pyridine rings is 1. The Morgan fingerprint density at radius 1 is 1.32 bits per heavy atom. The molecule has 0 radical (unpaired) electrons.